The van der Waals surface area contributed by atoms with Crippen LogP contribution in [0.5, 0.6) is 40.2 Å². The summed E-state index contributed by atoms with van der Waals surface area (Å²) in [5.41, 5.74) is 5.75. The van der Waals surface area contributed by atoms with E-state index >= 15 is 0 Å². The predicted molar refractivity (Wildman–Crippen MR) is 444 cm³/mol. The number of esters is 1. The van der Waals surface area contributed by atoms with E-state index in [-0.39, 0.29) is 5.75 Å². The Balaban J connectivity index is 1.23. The number of aromatic hydroxyl groups is 1. The topological polar surface area (TPSA) is 131 Å². The molecule has 105 heavy (non-hydrogen) atoms. The summed E-state index contributed by atoms with van der Waals surface area (Å²) in [6.07, 6.45) is 64.6. The van der Waals surface area contributed by atoms with Crippen molar-refractivity contribution in [3.8, 4) is 62.8 Å². The number of phenols is 1. The number of fused-ring (bicyclic) bond motifs is 1. The highest BCUT2D eigenvalue weighted by Gasteiger charge is 2.21. The molecule has 0 fully saturated rings. The smallest absolute Gasteiger partial charge is 0.343 e. The molecule has 0 spiro atoms. The summed E-state index contributed by atoms with van der Waals surface area (Å²) in [7, 11) is 0. The molecule has 0 unspecified atom stereocenters. The van der Waals surface area contributed by atoms with E-state index < -0.39 is 5.97 Å². The van der Waals surface area contributed by atoms with Gasteiger partial charge in [0.25, 0.3) is 0 Å². The first-order valence-corrected chi connectivity index (χ1v) is 43.3. The van der Waals surface area contributed by atoms with Gasteiger partial charge in [-0.2, -0.15) is 0 Å². The van der Waals surface area contributed by atoms with Gasteiger partial charge in [0.2, 0.25) is 0 Å². The van der Waals surface area contributed by atoms with E-state index in [4.69, 9.17) is 38.4 Å². The largest absolute Gasteiger partial charge is 0.506 e. The number of benzene rings is 5. The van der Waals surface area contributed by atoms with Gasteiger partial charge < -0.3 is 33.5 Å². The lowest BCUT2D eigenvalue weighted by molar-refractivity contribution is 0.0734. The molecule has 0 saturated carbocycles. The number of ether oxygens (including phenoxy) is 6. The van der Waals surface area contributed by atoms with Crippen LogP contribution in [0.4, 0.5) is 5.69 Å². The van der Waals surface area contributed by atoms with Gasteiger partial charge in [0.15, 0.2) is 23.0 Å². The highest BCUT2D eigenvalue weighted by Crippen LogP contribution is 2.41. The van der Waals surface area contributed by atoms with E-state index in [2.05, 4.69) is 69.9 Å². The Hall–Kier alpha value is -6.62. The number of nitrogens with zero attached hydrogens (tertiary/aromatic N) is 3. The Labute approximate surface area is 638 Å². The van der Waals surface area contributed by atoms with Crippen LogP contribution < -0.4 is 28.4 Å². The summed E-state index contributed by atoms with van der Waals surface area (Å²) in [5.74, 6) is 3.43. The van der Waals surface area contributed by atoms with E-state index in [1.165, 1.54) is 257 Å². The van der Waals surface area contributed by atoms with Crippen LogP contribution in [0.1, 0.15) is 372 Å². The number of hydrogen-bond donors (Lipinski definition) is 1. The molecule has 0 aliphatic rings. The standard InChI is InChI=1S/C94H143N3O8/c1-6-11-16-21-26-31-36-41-46-51-68-100-83-63-65-85(87(98)76-83)95-77-78-56-61-82(62-57-78)105-94(99)81-58-64-84-86(73-81)97-93(80-60-67-89(102-70-53-48-43-38-33-28-23-18-13-8-3)91(75-80)104-72-55-50-45-40-35-30-25-20-15-10-5)92(96-84)79-59-66-88(101-69-52-47-42-37-32-27-22-17-12-7-2)90(74-79)103-71-54-49-44-39-34-29-24-19-14-9-4/h56-67,73-77,98H,6-55,68-72H2,1-5H3. The van der Waals surface area contributed by atoms with Gasteiger partial charge in [0.1, 0.15) is 22.9 Å². The minimum absolute atomic E-state index is 0.0506. The zero-order chi connectivity index (χ0) is 74.1. The van der Waals surface area contributed by atoms with Gasteiger partial charge in [-0.3, -0.25) is 4.99 Å². The Bertz CT molecular complexity index is 3220. The van der Waals surface area contributed by atoms with Gasteiger partial charge in [-0.25, -0.2) is 14.8 Å². The van der Waals surface area contributed by atoms with Crippen molar-refractivity contribution in [3.63, 3.8) is 0 Å². The number of rotatable bonds is 66. The number of carbonyl (C=O) groups excluding carboxylic acids is 1. The maximum Gasteiger partial charge on any atom is 0.343 e. The summed E-state index contributed by atoms with van der Waals surface area (Å²) >= 11 is 0. The van der Waals surface area contributed by atoms with Crippen LogP contribution in [0.15, 0.2) is 102 Å². The molecule has 1 heterocycles. The molecule has 0 radical (unpaired) electrons. The summed E-state index contributed by atoms with van der Waals surface area (Å²) in [4.78, 5) is 29.6. The highest BCUT2D eigenvalue weighted by molar-refractivity contribution is 5.96. The summed E-state index contributed by atoms with van der Waals surface area (Å²) in [5, 5.41) is 10.9. The minimum Gasteiger partial charge on any atom is -0.506 e. The van der Waals surface area contributed by atoms with Gasteiger partial charge in [-0.05, 0) is 129 Å². The van der Waals surface area contributed by atoms with Crippen LogP contribution in [-0.4, -0.2) is 60.3 Å². The third kappa shape index (κ3) is 37.7. The van der Waals surface area contributed by atoms with Crippen LogP contribution in [0.25, 0.3) is 33.5 Å². The van der Waals surface area contributed by atoms with Crippen molar-refractivity contribution in [2.24, 2.45) is 4.99 Å². The molecule has 582 valence electrons. The predicted octanol–water partition coefficient (Wildman–Crippen LogP) is 29.1. The van der Waals surface area contributed by atoms with Crippen molar-refractivity contribution in [1.82, 2.24) is 9.97 Å². The Morgan fingerprint density at radius 3 is 1.01 bits per heavy atom. The lowest BCUT2D eigenvalue weighted by Gasteiger charge is -2.17. The minimum atomic E-state index is -0.518. The van der Waals surface area contributed by atoms with Crippen molar-refractivity contribution < 1.29 is 38.3 Å². The lowest BCUT2D eigenvalue weighted by Crippen LogP contribution is -2.09. The first-order chi connectivity index (χ1) is 51.8. The summed E-state index contributed by atoms with van der Waals surface area (Å²) < 4.78 is 38.8. The SMILES string of the molecule is CCCCCCCCCCCCOc1ccc(N=Cc2ccc(OC(=O)c3ccc4nc(-c5ccc(OCCCCCCCCCCCC)c(OCCCCCCCCCCCC)c5)c(-c5ccc(OCCCCCCCCCCCC)c(OCCCCCCCCCCCC)c5)nc4c3)cc2)c(O)c1. The number of aliphatic imine (C=N–C) groups is 1. The number of unbranched alkanes of at least 4 members (excludes halogenated alkanes) is 45. The Kier molecular flexibility index (Phi) is 47.8. The average Bonchev–Trinajstić information content (AvgIpc) is 0.768. The Morgan fingerprint density at radius 2 is 0.648 bits per heavy atom. The Morgan fingerprint density at radius 1 is 0.324 bits per heavy atom. The molecule has 0 atom stereocenters. The number of phenolic OH excluding ortho intramolecular Hbond substituents is 1. The summed E-state index contributed by atoms with van der Waals surface area (Å²) in [6, 6.07) is 30.2. The molecule has 11 heteroatoms. The molecule has 0 bridgehead atoms. The van der Waals surface area contributed by atoms with Gasteiger partial charge >= 0.3 is 5.97 Å². The van der Waals surface area contributed by atoms with Crippen molar-refractivity contribution in [2.75, 3.05) is 33.0 Å². The van der Waals surface area contributed by atoms with Gasteiger partial charge in [0.05, 0.1) is 61.0 Å². The number of aromatic nitrogens is 2. The monoisotopic (exact) mass is 1440 g/mol. The molecule has 1 aromatic heterocycles. The van der Waals surface area contributed by atoms with E-state index in [0.717, 1.165) is 92.4 Å². The van der Waals surface area contributed by atoms with E-state index in [1.54, 1.807) is 42.6 Å². The fourth-order valence-electron chi connectivity index (χ4n) is 13.9. The number of hydrogen-bond acceptors (Lipinski definition) is 11. The van der Waals surface area contributed by atoms with Crippen LogP contribution in [0, 0.1) is 0 Å². The molecular weight excluding hydrogens is 1300 g/mol. The zero-order valence-electron chi connectivity index (χ0n) is 66.9. The average molecular weight is 1440 g/mol. The molecule has 6 aromatic rings. The molecule has 5 aromatic carbocycles. The molecular formula is C94H143N3O8. The van der Waals surface area contributed by atoms with Gasteiger partial charge in [-0.1, -0.05) is 324 Å². The second kappa shape index (κ2) is 57.5. The quantitative estimate of drug-likeness (QED) is 0.0170. The maximum atomic E-state index is 14.2. The second-order valence-electron chi connectivity index (χ2n) is 30.0. The normalized spacial score (nSPS) is 11.5. The van der Waals surface area contributed by atoms with Crippen LogP contribution in [0.2, 0.25) is 0 Å². The van der Waals surface area contributed by atoms with E-state index in [1.807, 2.05) is 30.3 Å². The third-order valence-corrected chi connectivity index (χ3v) is 20.5. The first-order valence-electron chi connectivity index (χ1n) is 43.3. The maximum absolute atomic E-state index is 14.2. The first kappa shape index (κ1) is 87.3. The molecule has 0 aliphatic carbocycles. The van der Waals surface area contributed by atoms with Gasteiger partial charge in [0, 0.05) is 23.4 Å². The lowest BCUT2D eigenvalue weighted by atomic mass is 10.0. The molecule has 0 aliphatic heterocycles. The van der Waals surface area contributed by atoms with Gasteiger partial charge in [-0.15, -0.1) is 0 Å². The summed E-state index contributed by atoms with van der Waals surface area (Å²) in [6.45, 7) is 14.4. The third-order valence-electron chi connectivity index (χ3n) is 20.5. The van der Waals surface area contributed by atoms with Crippen LogP contribution >= 0.6 is 0 Å². The molecule has 0 saturated heterocycles. The fraction of sp³-hybridized carbons (Fsp3) is 0.638. The van der Waals surface area contributed by atoms with E-state index in [9.17, 15) is 9.90 Å². The highest BCUT2D eigenvalue weighted by atomic mass is 16.5. The van der Waals surface area contributed by atoms with Crippen molar-refractivity contribution in [1.29, 1.82) is 0 Å². The second-order valence-corrected chi connectivity index (χ2v) is 30.0. The molecule has 0 amide bonds. The zero-order valence-corrected chi connectivity index (χ0v) is 66.9. The molecule has 6 rings (SSSR count). The fourth-order valence-corrected chi connectivity index (χ4v) is 13.9. The number of carbonyl (C=O) groups is 1. The van der Waals surface area contributed by atoms with E-state index in [0.29, 0.717) is 89.7 Å². The molecule has 11 nitrogen and oxygen atoms in total. The van der Waals surface area contributed by atoms with Crippen LogP contribution in [0.3, 0.4) is 0 Å². The van der Waals surface area contributed by atoms with Crippen molar-refractivity contribution >= 4 is 28.9 Å². The van der Waals surface area contributed by atoms with Crippen LogP contribution in [-0.2, 0) is 0 Å². The van der Waals surface area contributed by atoms with Crippen molar-refractivity contribution in [2.45, 2.75) is 356 Å². The molecule has 1 N–H and O–H groups in total. The van der Waals surface area contributed by atoms with Crippen molar-refractivity contribution in [3.05, 3.63) is 108 Å².